The molecule has 0 heterocycles. The molecule has 1 atom stereocenters. The average molecular weight is 412 g/mol. The second kappa shape index (κ2) is 9.69. The van der Waals surface area contributed by atoms with Crippen molar-refractivity contribution in [2.45, 2.75) is 26.4 Å². The van der Waals surface area contributed by atoms with Gasteiger partial charge in [0, 0.05) is 15.8 Å². The molecule has 0 aliphatic heterocycles. The van der Waals surface area contributed by atoms with Gasteiger partial charge in [-0.3, -0.25) is 0 Å². The smallest absolute Gasteiger partial charge is 0.118 e. The zero-order valence-electron chi connectivity index (χ0n) is 13.6. The standard InChI is InChI=1S/C18H25IN2O/c1-5-13-21(14(3)7-10-16(19)6-2)18(20)15-8-11-17(22-4)12-9-15/h6-12,18H,3,5,13,20H2,1-2,4H3/b10-7-,16-6+. The van der Waals surface area contributed by atoms with E-state index in [4.69, 9.17) is 10.5 Å². The molecule has 0 spiro atoms. The number of nitrogens with two attached hydrogens (primary N) is 1. The maximum atomic E-state index is 6.43. The van der Waals surface area contributed by atoms with Crippen LogP contribution in [0.1, 0.15) is 32.0 Å². The Morgan fingerprint density at radius 2 is 2.00 bits per heavy atom. The van der Waals surface area contributed by atoms with E-state index in [2.05, 4.69) is 47.1 Å². The third-order valence-corrected chi connectivity index (χ3v) is 4.32. The van der Waals surface area contributed by atoms with Crippen molar-refractivity contribution in [2.24, 2.45) is 5.73 Å². The van der Waals surface area contributed by atoms with Crippen molar-refractivity contribution in [3.05, 3.63) is 63.9 Å². The summed E-state index contributed by atoms with van der Waals surface area (Å²) in [5, 5.41) is 0. The minimum absolute atomic E-state index is 0.216. The SMILES string of the molecule is C=C(/C=C\C(I)=C/C)N(CCC)C(N)c1ccc(OC)cc1. The van der Waals surface area contributed by atoms with Crippen molar-refractivity contribution in [1.29, 1.82) is 0 Å². The number of hydrogen-bond acceptors (Lipinski definition) is 3. The van der Waals surface area contributed by atoms with Gasteiger partial charge in [-0.15, -0.1) is 0 Å². The number of halogens is 1. The Morgan fingerprint density at radius 1 is 1.36 bits per heavy atom. The van der Waals surface area contributed by atoms with Crippen LogP contribution >= 0.6 is 22.6 Å². The first-order chi connectivity index (χ1) is 10.5. The summed E-state index contributed by atoms with van der Waals surface area (Å²) in [6, 6.07) is 7.86. The van der Waals surface area contributed by atoms with E-state index in [0.29, 0.717) is 0 Å². The molecule has 0 fully saturated rings. The van der Waals surface area contributed by atoms with Gasteiger partial charge in [0.2, 0.25) is 0 Å². The normalized spacial score (nSPS) is 13.2. The maximum Gasteiger partial charge on any atom is 0.118 e. The van der Waals surface area contributed by atoms with Gasteiger partial charge < -0.3 is 15.4 Å². The van der Waals surface area contributed by atoms with Crippen LogP contribution in [-0.2, 0) is 0 Å². The molecule has 0 amide bonds. The predicted molar refractivity (Wildman–Crippen MR) is 103 cm³/mol. The average Bonchev–Trinajstić information content (AvgIpc) is 2.56. The van der Waals surface area contributed by atoms with Crippen molar-refractivity contribution in [3.63, 3.8) is 0 Å². The molecule has 1 aromatic rings. The molecule has 0 radical (unpaired) electrons. The summed E-state index contributed by atoms with van der Waals surface area (Å²) < 4.78 is 6.37. The first-order valence-electron chi connectivity index (χ1n) is 7.38. The Hall–Kier alpha value is -1.27. The molecule has 120 valence electrons. The molecule has 0 aromatic heterocycles. The van der Waals surface area contributed by atoms with Crippen LogP contribution < -0.4 is 10.5 Å². The highest BCUT2D eigenvalue weighted by molar-refractivity contribution is 14.1. The van der Waals surface area contributed by atoms with Crippen molar-refractivity contribution in [2.75, 3.05) is 13.7 Å². The minimum Gasteiger partial charge on any atom is -0.497 e. The lowest BCUT2D eigenvalue weighted by Crippen LogP contribution is -2.33. The van der Waals surface area contributed by atoms with E-state index in [1.807, 2.05) is 43.3 Å². The molecule has 0 saturated heterocycles. The highest BCUT2D eigenvalue weighted by atomic mass is 127. The Balaban J connectivity index is 2.92. The summed E-state index contributed by atoms with van der Waals surface area (Å²) in [6.45, 7) is 9.18. The molecule has 1 unspecified atom stereocenters. The van der Waals surface area contributed by atoms with E-state index in [0.717, 1.165) is 30.0 Å². The van der Waals surface area contributed by atoms with Crippen LogP contribution in [0.15, 0.2) is 58.3 Å². The molecule has 2 N–H and O–H groups in total. The molecule has 0 aliphatic rings. The van der Waals surface area contributed by atoms with Crippen LogP contribution in [0.4, 0.5) is 0 Å². The third-order valence-electron chi connectivity index (χ3n) is 3.34. The number of hydrogen-bond donors (Lipinski definition) is 1. The third kappa shape index (κ3) is 5.50. The van der Waals surface area contributed by atoms with Crippen molar-refractivity contribution in [3.8, 4) is 5.75 Å². The van der Waals surface area contributed by atoms with E-state index < -0.39 is 0 Å². The van der Waals surface area contributed by atoms with Crippen LogP contribution in [0.25, 0.3) is 0 Å². The lowest BCUT2D eigenvalue weighted by atomic mass is 10.1. The predicted octanol–water partition coefficient (Wildman–Crippen LogP) is 4.77. The summed E-state index contributed by atoms with van der Waals surface area (Å²) in [4.78, 5) is 2.12. The summed E-state index contributed by atoms with van der Waals surface area (Å²) in [7, 11) is 1.66. The number of methoxy groups -OCH3 is 1. The lowest BCUT2D eigenvalue weighted by molar-refractivity contribution is 0.269. The molecular weight excluding hydrogens is 387 g/mol. The van der Waals surface area contributed by atoms with E-state index in [1.165, 1.54) is 3.58 Å². The van der Waals surface area contributed by atoms with Gasteiger partial charge in [0.25, 0.3) is 0 Å². The van der Waals surface area contributed by atoms with Crippen LogP contribution in [-0.4, -0.2) is 18.6 Å². The van der Waals surface area contributed by atoms with Crippen molar-refractivity contribution >= 4 is 22.6 Å². The van der Waals surface area contributed by atoms with Crippen LogP contribution in [0.3, 0.4) is 0 Å². The highest BCUT2D eigenvalue weighted by Gasteiger charge is 2.15. The fourth-order valence-electron chi connectivity index (χ4n) is 2.05. The first-order valence-corrected chi connectivity index (χ1v) is 8.46. The monoisotopic (exact) mass is 412 g/mol. The van der Waals surface area contributed by atoms with Crippen LogP contribution in [0.2, 0.25) is 0 Å². The van der Waals surface area contributed by atoms with Crippen LogP contribution in [0.5, 0.6) is 5.75 Å². The fraction of sp³-hybridized carbons (Fsp3) is 0.333. The number of ether oxygens (including phenoxy) is 1. The Kier molecular flexibility index (Phi) is 8.27. The summed E-state index contributed by atoms with van der Waals surface area (Å²) >= 11 is 2.29. The minimum atomic E-state index is -0.216. The van der Waals surface area contributed by atoms with Gasteiger partial charge in [0.15, 0.2) is 0 Å². The van der Waals surface area contributed by atoms with E-state index in [1.54, 1.807) is 7.11 Å². The second-order valence-electron chi connectivity index (χ2n) is 4.91. The number of allylic oxidation sites excluding steroid dienone is 4. The highest BCUT2D eigenvalue weighted by Crippen LogP contribution is 2.23. The number of rotatable bonds is 8. The summed E-state index contributed by atoms with van der Waals surface area (Å²) in [6.07, 6.45) is 6.91. The second-order valence-corrected chi connectivity index (χ2v) is 6.16. The van der Waals surface area contributed by atoms with E-state index in [-0.39, 0.29) is 6.17 Å². The Labute approximate surface area is 147 Å². The van der Waals surface area contributed by atoms with Gasteiger partial charge >= 0.3 is 0 Å². The van der Waals surface area contributed by atoms with Crippen molar-refractivity contribution in [1.82, 2.24) is 4.90 Å². The van der Waals surface area contributed by atoms with E-state index >= 15 is 0 Å². The maximum absolute atomic E-state index is 6.43. The summed E-state index contributed by atoms with van der Waals surface area (Å²) in [5.74, 6) is 0.833. The number of nitrogens with zero attached hydrogens (tertiary/aromatic N) is 1. The Morgan fingerprint density at radius 3 is 2.50 bits per heavy atom. The number of benzene rings is 1. The molecule has 1 aromatic carbocycles. The van der Waals surface area contributed by atoms with E-state index in [9.17, 15) is 0 Å². The molecule has 4 heteroatoms. The Bertz CT molecular complexity index is 535. The molecule has 0 saturated carbocycles. The fourth-order valence-corrected chi connectivity index (χ4v) is 2.23. The van der Waals surface area contributed by atoms with Gasteiger partial charge in [-0.05, 0) is 65.8 Å². The molecule has 3 nitrogen and oxygen atoms in total. The molecule has 1 rings (SSSR count). The van der Waals surface area contributed by atoms with Gasteiger partial charge in [0.05, 0.1) is 7.11 Å². The van der Waals surface area contributed by atoms with Gasteiger partial charge in [-0.25, -0.2) is 0 Å². The first kappa shape index (κ1) is 18.8. The lowest BCUT2D eigenvalue weighted by Gasteiger charge is -2.31. The summed E-state index contributed by atoms with van der Waals surface area (Å²) in [5.41, 5.74) is 8.39. The molecular formula is C18H25IN2O. The quantitative estimate of drug-likeness (QED) is 0.380. The zero-order chi connectivity index (χ0) is 16.5. The topological polar surface area (TPSA) is 38.5 Å². The molecule has 0 aliphatic carbocycles. The zero-order valence-corrected chi connectivity index (χ0v) is 15.7. The van der Waals surface area contributed by atoms with Gasteiger partial charge in [-0.1, -0.05) is 31.7 Å². The van der Waals surface area contributed by atoms with Gasteiger partial charge in [0.1, 0.15) is 11.9 Å². The molecule has 0 bridgehead atoms. The van der Waals surface area contributed by atoms with Gasteiger partial charge in [-0.2, -0.15) is 0 Å². The van der Waals surface area contributed by atoms with Crippen LogP contribution in [0, 0.1) is 0 Å². The largest absolute Gasteiger partial charge is 0.497 e. The van der Waals surface area contributed by atoms with Crippen molar-refractivity contribution < 1.29 is 4.74 Å². The molecule has 22 heavy (non-hydrogen) atoms.